The minimum atomic E-state index is -1.51. The molecule has 1 aromatic carbocycles. The van der Waals surface area contributed by atoms with E-state index in [9.17, 15) is 19.5 Å². The van der Waals surface area contributed by atoms with Gasteiger partial charge in [-0.15, -0.1) is 0 Å². The summed E-state index contributed by atoms with van der Waals surface area (Å²) in [4.78, 5) is 37.2. The highest BCUT2D eigenvalue weighted by molar-refractivity contribution is 6.05. The molecule has 0 saturated heterocycles. The Kier molecular flexibility index (Phi) is 4.85. The maximum absolute atomic E-state index is 12.5. The van der Waals surface area contributed by atoms with E-state index in [1.54, 1.807) is 24.3 Å². The zero-order chi connectivity index (χ0) is 17.2. The highest BCUT2D eigenvalue weighted by Gasteiger charge is 2.55. The van der Waals surface area contributed by atoms with Crippen molar-refractivity contribution in [3.63, 3.8) is 0 Å². The molecule has 3 N–H and O–H groups in total. The Morgan fingerprint density at radius 2 is 1.70 bits per heavy atom. The Morgan fingerprint density at radius 1 is 1.13 bits per heavy atom. The predicted octanol–water partition coefficient (Wildman–Crippen LogP) is 0.218. The predicted molar refractivity (Wildman–Crippen MR) is 84.5 cm³/mol. The lowest BCUT2D eigenvalue weighted by atomic mass is 9.61. The third-order valence-electron chi connectivity index (χ3n) is 4.51. The second-order valence-corrected chi connectivity index (χ2v) is 6.12. The second kappa shape index (κ2) is 6.50. The Balaban J connectivity index is 2.61. The van der Waals surface area contributed by atoms with Crippen LogP contribution in [0, 0.1) is 11.8 Å². The van der Waals surface area contributed by atoms with Gasteiger partial charge in [0, 0.05) is 26.4 Å². The van der Waals surface area contributed by atoms with Gasteiger partial charge in [0.25, 0.3) is 0 Å². The summed E-state index contributed by atoms with van der Waals surface area (Å²) in [5.41, 5.74) is -0.828. The molecule has 4 unspecified atom stereocenters. The smallest absolute Gasteiger partial charge is 0.230 e. The van der Waals surface area contributed by atoms with E-state index in [4.69, 9.17) is 0 Å². The number of amides is 2. The molecule has 0 heterocycles. The van der Waals surface area contributed by atoms with E-state index in [-0.39, 0.29) is 18.1 Å². The molecule has 23 heavy (non-hydrogen) atoms. The quantitative estimate of drug-likeness (QED) is 0.695. The number of rotatable bonds is 3. The fraction of sp³-hybridized carbons (Fsp3) is 0.471. The standard InChI is InChI=1S/C17H22N2O4/c1-17(23)9-11(20)13(15(21)18-2)12(14(17)16(22)19-3)10-7-5-4-6-8-10/h4-8,12-14,23H,9H2,1-3H3,(H,18,21)(H,19,22). The number of hydrogen-bond acceptors (Lipinski definition) is 4. The van der Waals surface area contributed by atoms with Crippen LogP contribution in [0.5, 0.6) is 0 Å². The molecular weight excluding hydrogens is 296 g/mol. The van der Waals surface area contributed by atoms with Gasteiger partial charge in [0.05, 0.1) is 11.5 Å². The van der Waals surface area contributed by atoms with Crippen LogP contribution in [-0.2, 0) is 14.4 Å². The Labute approximate surface area is 135 Å². The van der Waals surface area contributed by atoms with Crippen molar-refractivity contribution in [1.82, 2.24) is 10.6 Å². The van der Waals surface area contributed by atoms with Crippen LogP contribution in [0.1, 0.15) is 24.8 Å². The van der Waals surface area contributed by atoms with E-state index < -0.39 is 29.3 Å². The fourth-order valence-electron chi connectivity index (χ4n) is 3.48. The number of carbonyl (C=O) groups is 3. The third-order valence-corrected chi connectivity index (χ3v) is 4.51. The summed E-state index contributed by atoms with van der Waals surface area (Å²) >= 11 is 0. The van der Waals surface area contributed by atoms with Crippen LogP contribution >= 0.6 is 0 Å². The first kappa shape index (κ1) is 17.1. The molecule has 6 heteroatoms. The monoisotopic (exact) mass is 318 g/mol. The number of ketones is 1. The molecule has 1 aromatic rings. The van der Waals surface area contributed by atoms with Gasteiger partial charge in [-0.1, -0.05) is 30.3 Å². The van der Waals surface area contributed by atoms with Crippen molar-refractivity contribution in [3.8, 4) is 0 Å². The zero-order valence-corrected chi connectivity index (χ0v) is 13.5. The topological polar surface area (TPSA) is 95.5 Å². The molecule has 0 aliphatic heterocycles. The fourth-order valence-corrected chi connectivity index (χ4v) is 3.48. The maximum atomic E-state index is 12.5. The minimum absolute atomic E-state index is 0.230. The molecule has 1 saturated carbocycles. The van der Waals surface area contributed by atoms with E-state index in [1.807, 2.05) is 6.07 Å². The molecule has 124 valence electrons. The summed E-state index contributed by atoms with van der Waals surface area (Å²) in [5, 5.41) is 15.7. The van der Waals surface area contributed by atoms with Crippen molar-refractivity contribution in [3.05, 3.63) is 35.9 Å². The molecule has 4 atom stereocenters. The molecule has 6 nitrogen and oxygen atoms in total. The van der Waals surface area contributed by atoms with Gasteiger partial charge in [0.2, 0.25) is 11.8 Å². The van der Waals surface area contributed by atoms with Gasteiger partial charge in [-0.25, -0.2) is 0 Å². The Hall–Kier alpha value is -2.21. The molecule has 1 aliphatic rings. The van der Waals surface area contributed by atoms with Crippen molar-refractivity contribution < 1.29 is 19.5 Å². The van der Waals surface area contributed by atoms with Crippen molar-refractivity contribution in [2.45, 2.75) is 24.9 Å². The number of Topliss-reactive ketones (excluding diaryl/α,β-unsaturated/α-hetero) is 1. The summed E-state index contributed by atoms with van der Waals surface area (Å²) in [6.07, 6.45) is -0.230. The Morgan fingerprint density at radius 3 is 2.22 bits per heavy atom. The van der Waals surface area contributed by atoms with E-state index in [0.717, 1.165) is 0 Å². The molecule has 1 aliphatic carbocycles. The summed E-state index contributed by atoms with van der Waals surface area (Å²) in [5.74, 6) is -3.78. The molecule has 2 amide bonds. The van der Waals surface area contributed by atoms with Gasteiger partial charge in [0.1, 0.15) is 11.7 Å². The van der Waals surface area contributed by atoms with Crippen LogP contribution in [0.4, 0.5) is 0 Å². The summed E-state index contributed by atoms with van der Waals surface area (Å²) in [6, 6.07) is 8.92. The maximum Gasteiger partial charge on any atom is 0.230 e. The number of aliphatic hydroxyl groups is 1. The van der Waals surface area contributed by atoms with Crippen molar-refractivity contribution in [2.75, 3.05) is 14.1 Å². The van der Waals surface area contributed by atoms with Gasteiger partial charge in [0.15, 0.2) is 0 Å². The van der Waals surface area contributed by atoms with E-state index in [1.165, 1.54) is 21.0 Å². The average Bonchev–Trinajstić information content (AvgIpc) is 2.52. The summed E-state index contributed by atoms with van der Waals surface area (Å²) in [7, 11) is 2.94. The van der Waals surface area contributed by atoms with Crippen LogP contribution in [0.2, 0.25) is 0 Å². The lowest BCUT2D eigenvalue weighted by molar-refractivity contribution is -0.153. The van der Waals surface area contributed by atoms with E-state index >= 15 is 0 Å². The van der Waals surface area contributed by atoms with Crippen molar-refractivity contribution in [1.29, 1.82) is 0 Å². The van der Waals surface area contributed by atoms with Crippen LogP contribution in [0.25, 0.3) is 0 Å². The van der Waals surface area contributed by atoms with Crippen molar-refractivity contribution in [2.24, 2.45) is 11.8 Å². The average molecular weight is 318 g/mol. The molecular formula is C17H22N2O4. The molecule has 0 spiro atoms. The van der Waals surface area contributed by atoms with E-state index in [0.29, 0.717) is 5.56 Å². The lowest BCUT2D eigenvalue weighted by Gasteiger charge is -2.44. The second-order valence-electron chi connectivity index (χ2n) is 6.12. The minimum Gasteiger partial charge on any atom is -0.389 e. The highest BCUT2D eigenvalue weighted by atomic mass is 16.3. The van der Waals surface area contributed by atoms with Gasteiger partial charge >= 0.3 is 0 Å². The van der Waals surface area contributed by atoms with Crippen LogP contribution in [0.15, 0.2) is 30.3 Å². The lowest BCUT2D eigenvalue weighted by Crippen LogP contribution is -2.57. The zero-order valence-electron chi connectivity index (χ0n) is 13.5. The molecule has 0 aromatic heterocycles. The first-order chi connectivity index (χ1) is 10.8. The number of benzene rings is 1. The highest BCUT2D eigenvalue weighted by Crippen LogP contribution is 2.45. The molecule has 0 radical (unpaired) electrons. The SMILES string of the molecule is CNC(=O)C1C(=O)CC(C)(O)C(C(=O)NC)C1c1ccccc1. The van der Waals surface area contributed by atoms with Crippen molar-refractivity contribution >= 4 is 17.6 Å². The summed E-state index contributed by atoms with van der Waals surface area (Å²) < 4.78 is 0. The normalized spacial score (nSPS) is 30.6. The molecule has 0 bridgehead atoms. The largest absolute Gasteiger partial charge is 0.389 e. The first-order valence-corrected chi connectivity index (χ1v) is 7.56. The summed E-state index contributed by atoms with van der Waals surface area (Å²) in [6.45, 7) is 1.47. The Bertz CT molecular complexity index is 612. The number of carbonyl (C=O) groups excluding carboxylic acids is 3. The van der Waals surface area contributed by atoms with Crippen LogP contribution in [-0.4, -0.2) is 42.4 Å². The van der Waals surface area contributed by atoms with E-state index in [2.05, 4.69) is 10.6 Å². The number of hydrogen-bond donors (Lipinski definition) is 3. The molecule has 1 fully saturated rings. The van der Waals surface area contributed by atoms with Gasteiger partial charge in [-0.3, -0.25) is 14.4 Å². The first-order valence-electron chi connectivity index (χ1n) is 7.56. The number of nitrogens with one attached hydrogen (secondary N) is 2. The molecule has 2 rings (SSSR count). The van der Waals surface area contributed by atoms with Gasteiger partial charge in [-0.2, -0.15) is 0 Å². The van der Waals surface area contributed by atoms with Crippen LogP contribution < -0.4 is 10.6 Å². The van der Waals surface area contributed by atoms with Crippen LogP contribution in [0.3, 0.4) is 0 Å². The third kappa shape index (κ3) is 3.12. The van der Waals surface area contributed by atoms with Gasteiger partial charge < -0.3 is 15.7 Å². The van der Waals surface area contributed by atoms with Gasteiger partial charge in [-0.05, 0) is 12.5 Å².